The molecule has 1 atom stereocenters. The van der Waals surface area contributed by atoms with Crippen LogP contribution in [0, 0.1) is 12.7 Å². The number of nitrogens with two attached hydrogens (primary N) is 1. The molecule has 0 bridgehead atoms. The topological polar surface area (TPSA) is 116 Å². The number of amides is 2. The van der Waals surface area contributed by atoms with E-state index in [-0.39, 0.29) is 12.1 Å². The molecule has 4 rings (SSSR count). The second kappa shape index (κ2) is 7.47. The lowest BCUT2D eigenvalue weighted by Crippen LogP contribution is -2.39. The minimum Gasteiger partial charge on any atom is -0.368 e. The molecule has 2 aromatic heterocycles. The number of hydrogen-bond donors (Lipinski definition) is 3. The largest absolute Gasteiger partial charge is 0.368 e. The number of halogens is 1. The quantitative estimate of drug-likeness (QED) is 0.597. The van der Waals surface area contributed by atoms with Crippen molar-refractivity contribution in [2.24, 2.45) is 10.8 Å². The monoisotopic (exact) mass is 412 g/mol. The first kappa shape index (κ1) is 18.8. The number of nitrogens with one attached hydrogen (secondary N) is 2. The van der Waals surface area contributed by atoms with Crippen LogP contribution < -0.4 is 16.1 Å². The van der Waals surface area contributed by atoms with Gasteiger partial charge in [0, 0.05) is 17.4 Å². The predicted molar refractivity (Wildman–Crippen MR) is 109 cm³/mol. The van der Waals surface area contributed by atoms with Crippen LogP contribution in [0.25, 0.3) is 10.6 Å². The number of thiophene rings is 1. The third-order valence-electron chi connectivity index (χ3n) is 4.42. The van der Waals surface area contributed by atoms with E-state index in [2.05, 4.69) is 20.6 Å². The molecule has 0 saturated heterocycles. The highest BCUT2D eigenvalue weighted by atomic mass is 32.1. The smallest absolute Gasteiger partial charge is 0.273 e. The zero-order chi connectivity index (χ0) is 20.5. The van der Waals surface area contributed by atoms with E-state index in [0.29, 0.717) is 11.5 Å². The number of aryl methyl sites for hydroxylation is 1. The molecule has 148 valence electrons. The first-order chi connectivity index (χ1) is 13.9. The predicted octanol–water partition coefficient (Wildman–Crippen LogP) is 2.64. The minimum absolute atomic E-state index is 0.0416. The summed E-state index contributed by atoms with van der Waals surface area (Å²) in [5.74, 6) is -1.19. The normalized spacial score (nSPS) is 16.0. The number of primary amides is 1. The van der Waals surface area contributed by atoms with Gasteiger partial charge in [-0.3, -0.25) is 19.7 Å². The highest BCUT2D eigenvalue weighted by Gasteiger charge is 2.35. The van der Waals surface area contributed by atoms with Crippen LogP contribution in [0.3, 0.4) is 0 Å². The molecule has 3 aromatic rings. The fraction of sp³-hybridized carbons (Fsp3) is 0.158. The van der Waals surface area contributed by atoms with Gasteiger partial charge in [0.15, 0.2) is 5.82 Å². The third-order valence-corrected chi connectivity index (χ3v) is 5.45. The first-order valence-electron chi connectivity index (χ1n) is 8.76. The summed E-state index contributed by atoms with van der Waals surface area (Å²) in [6, 6.07) is 10.3. The molecule has 29 heavy (non-hydrogen) atoms. The van der Waals surface area contributed by atoms with Crippen LogP contribution in [-0.2, 0) is 9.59 Å². The van der Waals surface area contributed by atoms with E-state index in [1.807, 2.05) is 19.1 Å². The Morgan fingerprint density at radius 1 is 1.28 bits per heavy atom. The van der Waals surface area contributed by atoms with Crippen LogP contribution >= 0.6 is 11.3 Å². The summed E-state index contributed by atoms with van der Waals surface area (Å²) >= 11 is 1.61. The Hall–Kier alpha value is -3.53. The number of benzene rings is 1. The van der Waals surface area contributed by atoms with E-state index in [0.717, 1.165) is 10.6 Å². The Balaban J connectivity index is 1.52. The van der Waals surface area contributed by atoms with Crippen molar-refractivity contribution in [2.75, 3.05) is 10.3 Å². The van der Waals surface area contributed by atoms with Gasteiger partial charge in [-0.1, -0.05) is 0 Å². The van der Waals surface area contributed by atoms with E-state index < -0.39 is 23.7 Å². The Morgan fingerprint density at radius 2 is 2.03 bits per heavy atom. The van der Waals surface area contributed by atoms with Gasteiger partial charge in [0.2, 0.25) is 5.91 Å². The maximum absolute atomic E-state index is 13.2. The second-order valence-electron chi connectivity index (χ2n) is 6.52. The van der Waals surface area contributed by atoms with Crippen LogP contribution in [0.2, 0.25) is 0 Å². The van der Waals surface area contributed by atoms with Gasteiger partial charge >= 0.3 is 0 Å². The number of carbonyl (C=O) groups is 2. The number of anilines is 2. The average Bonchev–Trinajstić information content (AvgIpc) is 3.41. The number of carbonyl (C=O) groups excluding carboxylic acids is 2. The van der Waals surface area contributed by atoms with Crippen LogP contribution in [0.15, 0.2) is 47.6 Å². The number of hydrogen-bond acceptors (Lipinski definition) is 6. The molecule has 3 heterocycles. The van der Waals surface area contributed by atoms with Crippen LogP contribution in [0.4, 0.5) is 15.9 Å². The molecular formula is C19H17FN6O2S. The van der Waals surface area contributed by atoms with E-state index in [4.69, 9.17) is 5.73 Å². The van der Waals surface area contributed by atoms with Gasteiger partial charge in [-0.05, 0) is 43.3 Å². The van der Waals surface area contributed by atoms with E-state index in [1.54, 1.807) is 17.4 Å². The number of aromatic amines is 1. The molecule has 0 aliphatic carbocycles. The summed E-state index contributed by atoms with van der Waals surface area (Å²) < 4.78 is 13.2. The van der Waals surface area contributed by atoms with Crippen molar-refractivity contribution in [2.45, 2.75) is 19.4 Å². The van der Waals surface area contributed by atoms with Gasteiger partial charge < -0.3 is 11.1 Å². The molecule has 0 saturated carbocycles. The van der Waals surface area contributed by atoms with Gasteiger partial charge in [0.1, 0.15) is 17.6 Å². The Bertz CT molecular complexity index is 1100. The van der Waals surface area contributed by atoms with E-state index in [9.17, 15) is 14.0 Å². The van der Waals surface area contributed by atoms with Gasteiger partial charge in [-0.15, -0.1) is 11.3 Å². The third kappa shape index (κ3) is 3.87. The average molecular weight is 412 g/mol. The van der Waals surface area contributed by atoms with Gasteiger partial charge in [0.25, 0.3) is 5.91 Å². The molecule has 8 nitrogen and oxygen atoms in total. The van der Waals surface area contributed by atoms with Crippen molar-refractivity contribution >= 4 is 40.4 Å². The lowest BCUT2D eigenvalue weighted by atomic mass is 10.1. The second-order valence-corrected chi connectivity index (χ2v) is 7.81. The Labute approximate surface area is 169 Å². The Kier molecular flexibility index (Phi) is 4.85. The van der Waals surface area contributed by atoms with E-state index >= 15 is 0 Å². The van der Waals surface area contributed by atoms with Crippen molar-refractivity contribution in [3.8, 4) is 10.6 Å². The molecule has 1 aliphatic heterocycles. The zero-order valence-corrected chi connectivity index (χ0v) is 16.2. The highest BCUT2D eigenvalue weighted by molar-refractivity contribution is 7.15. The standard InChI is InChI=1S/C19H17FN6O2S/c1-10-2-7-16(29-10)13-9-17(24-23-13)22-19(28)14-8-15(18(21)27)26(25-14)12-5-3-11(20)4-6-12/h2-7,9,15H,8H2,1H3,(H2,21,27)(H2,22,23,24,28). The van der Waals surface area contributed by atoms with Crippen LogP contribution in [0.1, 0.15) is 11.3 Å². The maximum atomic E-state index is 13.2. The van der Waals surface area contributed by atoms with Crippen LogP contribution in [-0.4, -0.2) is 33.8 Å². The van der Waals surface area contributed by atoms with Crippen molar-refractivity contribution in [3.63, 3.8) is 0 Å². The Morgan fingerprint density at radius 3 is 2.69 bits per heavy atom. The van der Waals surface area contributed by atoms with Crippen molar-refractivity contribution in [3.05, 3.63) is 53.2 Å². The molecule has 10 heteroatoms. The van der Waals surface area contributed by atoms with Crippen molar-refractivity contribution in [1.29, 1.82) is 0 Å². The van der Waals surface area contributed by atoms with Crippen molar-refractivity contribution < 1.29 is 14.0 Å². The summed E-state index contributed by atoms with van der Waals surface area (Å²) in [6.07, 6.45) is 0.0416. The maximum Gasteiger partial charge on any atom is 0.273 e. The number of rotatable bonds is 5. The summed E-state index contributed by atoms with van der Waals surface area (Å²) in [4.78, 5) is 26.6. The number of H-pyrrole nitrogens is 1. The first-order valence-corrected chi connectivity index (χ1v) is 9.57. The van der Waals surface area contributed by atoms with Crippen LogP contribution in [0.5, 0.6) is 0 Å². The molecular weight excluding hydrogens is 395 g/mol. The molecule has 2 amide bonds. The van der Waals surface area contributed by atoms with E-state index in [1.165, 1.54) is 34.2 Å². The molecule has 1 aromatic carbocycles. The summed E-state index contributed by atoms with van der Waals surface area (Å²) in [7, 11) is 0. The van der Waals surface area contributed by atoms with Crippen molar-refractivity contribution in [1.82, 2.24) is 10.2 Å². The van der Waals surface area contributed by atoms with Gasteiger partial charge in [-0.2, -0.15) is 10.2 Å². The lowest BCUT2D eigenvalue weighted by molar-refractivity contribution is -0.119. The fourth-order valence-corrected chi connectivity index (χ4v) is 3.81. The van der Waals surface area contributed by atoms with Gasteiger partial charge in [0.05, 0.1) is 16.3 Å². The lowest BCUT2D eigenvalue weighted by Gasteiger charge is -2.20. The summed E-state index contributed by atoms with van der Waals surface area (Å²) in [6.45, 7) is 2.01. The molecule has 4 N–H and O–H groups in total. The van der Waals surface area contributed by atoms with Gasteiger partial charge in [-0.25, -0.2) is 4.39 Å². The summed E-state index contributed by atoms with van der Waals surface area (Å²) in [5, 5.41) is 15.2. The summed E-state index contributed by atoms with van der Waals surface area (Å²) in [5.41, 5.74) is 6.85. The number of aromatic nitrogens is 2. The minimum atomic E-state index is -0.829. The molecule has 1 aliphatic rings. The fourth-order valence-electron chi connectivity index (χ4n) is 2.98. The molecule has 0 radical (unpaired) electrons. The SMILES string of the molecule is Cc1ccc(-c2cc(NC(=O)C3=NN(c4ccc(F)cc4)C(C(N)=O)C3)n[nH]2)s1. The molecule has 0 spiro atoms. The zero-order valence-electron chi connectivity index (χ0n) is 15.3. The number of nitrogens with zero attached hydrogens (tertiary/aromatic N) is 3. The highest BCUT2D eigenvalue weighted by Crippen LogP contribution is 2.28. The molecule has 0 fully saturated rings. The molecule has 1 unspecified atom stereocenters. The number of hydrazone groups is 1.